The van der Waals surface area contributed by atoms with E-state index in [0.29, 0.717) is 13.0 Å². The summed E-state index contributed by atoms with van der Waals surface area (Å²) in [6.07, 6.45) is 1.35. The van der Waals surface area contributed by atoms with E-state index in [0.717, 1.165) is 23.3 Å². The van der Waals surface area contributed by atoms with Crippen LogP contribution in [-0.2, 0) is 21.9 Å². The molecule has 6 heteroatoms. The minimum absolute atomic E-state index is 0.0891. The first kappa shape index (κ1) is 22.9. The van der Waals surface area contributed by atoms with Crippen LogP contribution < -0.4 is 5.32 Å². The van der Waals surface area contributed by atoms with Crippen LogP contribution in [0.15, 0.2) is 54.6 Å². The molecule has 0 fully saturated rings. The molecule has 0 bridgehead atoms. The molecule has 29 heavy (non-hydrogen) atoms. The fourth-order valence-electron chi connectivity index (χ4n) is 2.99. The topological polar surface area (TPSA) is 49.4 Å². The molecule has 0 saturated carbocycles. The molecule has 2 aromatic rings. The van der Waals surface area contributed by atoms with Gasteiger partial charge in [-0.05, 0) is 36.1 Å². The second kappa shape index (κ2) is 12.3. The summed E-state index contributed by atoms with van der Waals surface area (Å²) in [4.78, 5) is 27.3. The molecule has 2 amide bonds. The van der Waals surface area contributed by atoms with Crippen LogP contribution in [0.4, 0.5) is 4.39 Å². The van der Waals surface area contributed by atoms with Crippen LogP contribution in [0.3, 0.4) is 0 Å². The van der Waals surface area contributed by atoms with Gasteiger partial charge < -0.3 is 10.2 Å². The minimum atomic E-state index is -0.545. The lowest BCUT2D eigenvalue weighted by atomic mass is 10.1. The summed E-state index contributed by atoms with van der Waals surface area (Å²) >= 11 is 1.53. The second-order valence-corrected chi connectivity index (χ2v) is 7.83. The highest BCUT2D eigenvalue weighted by Gasteiger charge is 2.28. The molecular formula is C23H29FN2O2S. The van der Waals surface area contributed by atoms with Crippen LogP contribution in [0, 0.1) is 5.82 Å². The Balaban J connectivity index is 2.09. The van der Waals surface area contributed by atoms with Crippen molar-refractivity contribution in [1.29, 1.82) is 0 Å². The molecule has 0 radical (unpaired) electrons. The number of carbonyl (C=O) groups excluding carboxylic acids is 2. The number of rotatable bonds is 11. The number of amides is 2. The lowest BCUT2D eigenvalue weighted by Crippen LogP contribution is -2.49. The Labute approximate surface area is 176 Å². The van der Waals surface area contributed by atoms with Crippen LogP contribution in [0.2, 0.25) is 0 Å². The Kier molecular flexibility index (Phi) is 9.71. The van der Waals surface area contributed by atoms with Crippen LogP contribution in [-0.4, -0.2) is 35.1 Å². The summed E-state index contributed by atoms with van der Waals surface area (Å²) in [5, 5.41) is 2.90. The van der Waals surface area contributed by atoms with Gasteiger partial charge in [0.1, 0.15) is 11.9 Å². The Morgan fingerprint density at radius 2 is 1.72 bits per heavy atom. The molecule has 0 unspecified atom stereocenters. The van der Waals surface area contributed by atoms with E-state index in [9.17, 15) is 14.0 Å². The van der Waals surface area contributed by atoms with E-state index in [2.05, 4.69) is 5.32 Å². The zero-order valence-corrected chi connectivity index (χ0v) is 17.9. The molecule has 2 rings (SSSR count). The average Bonchev–Trinajstić information content (AvgIpc) is 2.74. The van der Waals surface area contributed by atoms with Crippen molar-refractivity contribution in [3.8, 4) is 0 Å². The molecule has 0 aliphatic carbocycles. The van der Waals surface area contributed by atoms with Crippen molar-refractivity contribution in [2.24, 2.45) is 0 Å². The SMILES string of the molecule is CCCNC(=O)[C@@H](CC)N(Cc1ccc(F)cc1)C(=O)CSCc1ccccc1. The predicted molar refractivity (Wildman–Crippen MR) is 117 cm³/mol. The molecule has 2 aromatic carbocycles. The average molecular weight is 417 g/mol. The van der Waals surface area contributed by atoms with Gasteiger partial charge in [-0.25, -0.2) is 4.39 Å². The van der Waals surface area contributed by atoms with Gasteiger partial charge in [-0.1, -0.05) is 56.3 Å². The lowest BCUT2D eigenvalue weighted by molar-refractivity contribution is -0.139. The molecule has 0 heterocycles. The zero-order chi connectivity index (χ0) is 21.1. The maximum atomic E-state index is 13.3. The standard InChI is InChI=1S/C23H29FN2O2S/c1-3-14-25-23(28)21(4-2)26(15-18-10-12-20(24)13-11-18)22(27)17-29-16-19-8-6-5-7-9-19/h5-13,21H,3-4,14-17H2,1-2H3,(H,25,28)/t21-/m1/s1. The molecule has 1 atom stereocenters. The molecule has 4 nitrogen and oxygen atoms in total. The van der Waals surface area contributed by atoms with Gasteiger partial charge in [0.25, 0.3) is 0 Å². The first-order valence-corrected chi connectivity index (χ1v) is 11.1. The van der Waals surface area contributed by atoms with Crippen molar-refractivity contribution in [2.45, 2.75) is 45.0 Å². The van der Waals surface area contributed by atoms with E-state index in [1.165, 1.54) is 23.9 Å². The Hall–Kier alpha value is -2.34. The van der Waals surface area contributed by atoms with E-state index in [-0.39, 0.29) is 29.9 Å². The quantitative estimate of drug-likeness (QED) is 0.591. The highest BCUT2D eigenvalue weighted by atomic mass is 32.2. The van der Waals surface area contributed by atoms with Gasteiger partial charge in [0.2, 0.25) is 11.8 Å². The number of benzene rings is 2. The van der Waals surface area contributed by atoms with Gasteiger partial charge in [-0.3, -0.25) is 9.59 Å². The van der Waals surface area contributed by atoms with Crippen molar-refractivity contribution >= 4 is 23.6 Å². The molecule has 1 N–H and O–H groups in total. The molecular weight excluding hydrogens is 387 g/mol. The second-order valence-electron chi connectivity index (χ2n) is 6.84. The summed E-state index contributed by atoms with van der Waals surface area (Å²) in [6, 6.07) is 15.5. The number of hydrogen-bond acceptors (Lipinski definition) is 3. The Bertz CT molecular complexity index is 768. The fourth-order valence-corrected chi connectivity index (χ4v) is 3.86. The third kappa shape index (κ3) is 7.54. The van der Waals surface area contributed by atoms with Crippen molar-refractivity contribution in [3.63, 3.8) is 0 Å². The Morgan fingerprint density at radius 3 is 2.34 bits per heavy atom. The largest absolute Gasteiger partial charge is 0.354 e. The van der Waals surface area contributed by atoms with Crippen LogP contribution in [0.25, 0.3) is 0 Å². The number of hydrogen-bond donors (Lipinski definition) is 1. The van der Waals surface area contributed by atoms with Crippen LogP contribution in [0.1, 0.15) is 37.8 Å². The molecule has 156 valence electrons. The van der Waals surface area contributed by atoms with Gasteiger partial charge in [0.05, 0.1) is 5.75 Å². The first-order chi connectivity index (χ1) is 14.0. The fraction of sp³-hybridized carbons (Fsp3) is 0.391. The number of nitrogens with zero attached hydrogens (tertiary/aromatic N) is 1. The highest BCUT2D eigenvalue weighted by Crippen LogP contribution is 2.17. The van der Waals surface area contributed by atoms with Gasteiger partial charge >= 0.3 is 0 Å². The van der Waals surface area contributed by atoms with Crippen molar-refractivity contribution in [2.75, 3.05) is 12.3 Å². The predicted octanol–water partition coefficient (Wildman–Crippen LogP) is 4.39. The van der Waals surface area contributed by atoms with Crippen LogP contribution in [0.5, 0.6) is 0 Å². The van der Waals surface area contributed by atoms with Gasteiger partial charge in [-0.15, -0.1) is 11.8 Å². The molecule has 0 aliphatic heterocycles. The van der Waals surface area contributed by atoms with E-state index in [1.54, 1.807) is 17.0 Å². The summed E-state index contributed by atoms with van der Waals surface area (Å²) in [7, 11) is 0. The van der Waals surface area contributed by atoms with E-state index < -0.39 is 6.04 Å². The van der Waals surface area contributed by atoms with Gasteiger partial charge in [0.15, 0.2) is 0 Å². The summed E-state index contributed by atoms with van der Waals surface area (Å²) < 4.78 is 13.3. The molecule has 0 saturated heterocycles. The molecule has 0 spiro atoms. The third-order valence-electron chi connectivity index (χ3n) is 4.54. The number of nitrogens with one attached hydrogen (secondary N) is 1. The lowest BCUT2D eigenvalue weighted by Gasteiger charge is -2.30. The maximum absolute atomic E-state index is 13.3. The normalized spacial score (nSPS) is 11.7. The monoisotopic (exact) mass is 416 g/mol. The number of thioether (sulfide) groups is 1. The maximum Gasteiger partial charge on any atom is 0.242 e. The zero-order valence-electron chi connectivity index (χ0n) is 17.1. The van der Waals surface area contributed by atoms with E-state index in [1.807, 2.05) is 44.2 Å². The third-order valence-corrected chi connectivity index (χ3v) is 5.53. The number of halogens is 1. The Morgan fingerprint density at radius 1 is 1.03 bits per heavy atom. The summed E-state index contributed by atoms with van der Waals surface area (Å²) in [5.74, 6) is 0.466. The van der Waals surface area contributed by atoms with Crippen molar-refractivity contribution in [1.82, 2.24) is 10.2 Å². The first-order valence-electron chi connectivity index (χ1n) is 9.98. The van der Waals surface area contributed by atoms with Crippen molar-refractivity contribution < 1.29 is 14.0 Å². The number of carbonyl (C=O) groups is 2. The molecule has 0 aromatic heterocycles. The van der Waals surface area contributed by atoms with Gasteiger partial charge in [0, 0.05) is 18.8 Å². The summed E-state index contributed by atoms with van der Waals surface area (Å²) in [5.41, 5.74) is 1.96. The van der Waals surface area contributed by atoms with E-state index in [4.69, 9.17) is 0 Å². The smallest absolute Gasteiger partial charge is 0.242 e. The van der Waals surface area contributed by atoms with Gasteiger partial charge in [-0.2, -0.15) is 0 Å². The molecule has 0 aliphatic rings. The van der Waals surface area contributed by atoms with Crippen LogP contribution >= 0.6 is 11.8 Å². The summed E-state index contributed by atoms with van der Waals surface area (Å²) in [6.45, 7) is 4.75. The highest BCUT2D eigenvalue weighted by molar-refractivity contribution is 7.99. The van der Waals surface area contributed by atoms with Crippen molar-refractivity contribution in [3.05, 3.63) is 71.5 Å². The minimum Gasteiger partial charge on any atom is -0.354 e. The van der Waals surface area contributed by atoms with E-state index >= 15 is 0 Å².